The minimum absolute atomic E-state index is 0.173. The summed E-state index contributed by atoms with van der Waals surface area (Å²) >= 11 is 2.99. The fraction of sp³-hybridized carbons (Fsp3) is 0.333. The van der Waals surface area contributed by atoms with Crippen molar-refractivity contribution in [3.05, 3.63) is 22.6 Å². The highest BCUT2D eigenvalue weighted by Gasteiger charge is 2.26. The predicted octanol–water partition coefficient (Wildman–Crippen LogP) is 0.606. The van der Waals surface area contributed by atoms with Gasteiger partial charge in [0.1, 0.15) is 0 Å². The van der Waals surface area contributed by atoms with Crippen LogP contribution in [0.4, 0.5) is 0 Å². The van der Waals surface area contributed by atoms with Crippen LogP contribution < -0.4 is 5.32 Å². The molecule has 3 N–H and O–H groups in total. The number of aliphatic hydroxyl groups is 1. The maximum absolute atomic E-state index is 11.6. The second-order valence-corrected chi connectivity index (χ2v) is 3.86. The van der Waals surface area contributed by atoms with E-state index < -0.39 is 24.0 Å². The number of carbonyl (C=O) groups excluding carboxylic acids is 1. The lowest BCUT2D eigenvalue weighted by Crippen LogP contribution is -2.47. The first-order chi connectivity index (χ1) is 7.43. The van der Waals surface area contributed by atoms with E-state index in [0.29, 0.717) is 0 Å². The van der Waals surface area contributed by atoms with Gasteiger partial charge >= 0.3 is 5.97 Å². The van der Waals surface area contributed by atoms with Crippen LogP contribution in [0, 0.1) is 0 Å². The molecule has 0 aliphatic carbocycles. The van der Waals surface area contributed by atoms with Gasteiger partial charge in [0.2, 0.25) is 0 Å². The van der Waals surface area contributed by atoms with Gasteiger partial charge in [-0.15, -0.1) is 0 Å². The van der Waals surface area contributed by atoms with Crippen molar-refractivity contribution < 1.29 is 24.2 Å². The topological polar surface area (TPSA) is 99.8 Å². The average molecular weight is 292 g/mol. The summed E-state index contributed by atoms with van der Waals surface area (Å²) in [5.41, 5.74) is 0.173. The number of carbonyl (C=O) groups is 2. The van der Waals surface area contributed by atoms with Crippen LogP contribution in [-0.2, 0) is 4.79 Å². The molecule has 0 saturated heterocycles. The van der Waals surface area contributed by atoms with Crippen LogP contribution >= 0.6 is 15.9 Å². The molecule has 1 heterocycles. The molecule has 0 saturated carbocycles. The lowest BCUT2D eigenvalue weighted by Gasteiger charge is -2.16. The van der Waals surface area contributed by atoms with Crippen molar-refractivity contribution >= 4 is 27.8 Å². The fourth-order valence-electron chi connectivity index (χ4n) is 1.06. The van der Waals surface area contributed by atoms with Crippen LogP contribution in [0.3, 0.4) is 0 Å². The normalized spacial score (nSPS) is 14.2. The van der Waals surface area contributed by atoms with E-state index in [1.807, 2.05) is 0 Å². The molecule has 2 unspecified atom stereocenters. The van der Waals surface area contributed by atoms with Gasteiger partial charge in [-0.1, -0.05) is 0 Å². The summed E-state index contributed by atoms with van der Waals surface area (Å²) in [6.45, 7) is 1.28. The third kappa shape index (κ3) is 2.83. The maximum atomic E-state index is 11.6. The maximum Gasteiger partial charge on any atom is 0.328 e. The number of aliphatic carboxylic acids is 1. The quantitative estimate of drug-likeness (QED) is 0.755. The first-order valence-electron chi connectivity index (χ1n) is 4.38. The first kappa shape index (κ1) is 12.7. The number of carboxylic acids is 1. The van der Waals surface area contributed by atoms with Crippen molar-refractivity contribution in [2.45, 2.75) is 19.1 Å². The number of hydrogen-bond donors (Lipinski definition) is 3. The Labute approximate surface area is 99.4 Å². The molecule has 7 heteroatoms. The number of aliphatic hydroxyl groups excluding tert-OH is 1. The van der Waals surface area contributed by atoms with Crippen molar-refractivity contribution in [2.75, 3.05) is 0 Å². The van der Waals surface area contributed by atoms with Crippen LogP contribution in [-0.4, -0.2) is 34.2 Å². The van der Waals surface area contributed by atoms with Crippen LogP contribution in [0.25, 0.3) is 0 Å². The number of carboxylic acid groups (broad SMARTS) is 1. The van der Waals surface area contributed by atoms with E-state index in [4.69, 9.17) is 14.6 Å². The molecular formula is C9H10BrNO5. The third-order valence-corrected chi connectivity index (χ3v) is 2.51. The number of hydrogen-bond acceptors (Lipinski definition) is 4. The lowest BCUT2D eigenvalue weighted by molar-refractivity contribution is -0.141. The largest absolute Gasteiger partial charge is 0.480 e. The van der Waals surface area contributed by atoms with Crippen molar-refractivity contribution in [3.63, 3.8) is 0 Å². The Morgan fingerprint density at radius 3 is 2.56 bits per heavy atom. The van der Waals surface area contributed by atoms with Gasteiger partial charge in [0.15, 0.2) is 10.7 Å². The molecular weight excluding hydrogens is 282 g/mol. The molecule has 88 valence electrons. The van der Waals surface area contributed by atoms with Crippen molar-refractivity contribution in [1.29, 1.82) is 0 Å². The summed E-state index contributed by atoms with van der Waals surface area (Å²) in [6, 6.07) is 0.0368. The molecule has 0 spiro atoms. The molecule has 1 amide bonds. The number of halogens is 1. The summed E-state index contributed by atoms with van der Waals surface area (Å²) in [4.78, 5) is 22.3. The van der Waals surface area contributed by atoms with E-state index >= 15 is 0 Å². The highest BCUT2D eigenvalue weighted by Crippen LogP contribution is 2.17. The molecule has 6 nitrogen and oxygen atoms in total. The highest BCUT2D eigenvalue weighted by atomic mass is 79.9. The molecule has 0 aliphatic rings. The predicted molar refractivity (Wildman–Crippen MR) is 57.0 cm³/mol. The summed E-state index contributed by atoms with van der Waals surface area (Å²) in [7, 11) is 0. The molecule has 16 heavy (non-hydrogen) atoms. The Kier molecular flexibility index (Phi) is 4.08. The zero-order valence-corrected chi connectivity index (χ0v) is 9.89. The van der Waals surface area contributed by atoms with Crippen LogP contribution in [0.2, 0.25) is 0 Å². The number of nitrogens with one attached hydrogen (secondary N) is 1. The summed E-state index contributed by atoms with van der Waals surface area (Å²) < 4.78 is 5.04. The van der Waals surface area contributed by atoms with Gasteiger partial charge in [0, 0.05) is 0 Å². The molecule has 1 aromatic heterocycles. The smallest absolute Gasteiger partial charge is 0.328 e. The van der Waals surface area contributed by atoms with E-state index in [1.54, 1.807) is 0 Å². The molecule has 0 radical (unpaired) electrons. The van der Waals surface area contributed by atoms with Crippen LogP contribution in [0.15, 0.2) is 21.4 Å². The SMILES string of the molecule is CC(O)C(NC(=O)c1ccoc1Br)C(=O)O. The summed E-state index contributed by atoms with van der Waals surface area (Å²) in [6.07, 6.45) is 0.101. The van der Waals surface area contributed by atoms with Gasteiger partial charge in [0.25, 0.3) is 5.91 Å². The standard InChI is InChI=1S/C9H10BrNO5/c1-4(12)6(9(14)15)11-8(13)5-2-3-16-7(5)10/h2-4,6,12H,1H3,(H,11,13)(H,14,15). The van der Waals surface area contributed by atoms with E-state index in [9.17, 15) is 9.59 Å². The van der Waals surface area contributed by atoms with Gasteiger partial charge < -0.3 is 19.9 Å². The molecule has 2 atom stereocenters. The second-order valence-electron chi connectivity index (χ2n) is 3.14. The van der Waals surface area contributed by atoms with Crippen molar-refractivity contribution in [1.82, 2.24) is 5.32 Å². The zero-order chi connectivity index (χ0) is 12.3. The van der Waals surface area contributed by atoms with Gasteiger partial charge in [0.05, 0.1) is 17.9 Å². The van der Waals surface area contributed by atoms with E-state index in [2.05, 4.69) is 21.2 Å². The molecule has 0 aromatic carbocycles. The average Bonchev–Trinajstić information content (AvgIpc) is 2.59. The molecule has 0 fully saturated rings. The Morgan fingerprint density at radius 2 is 2.19 bits per heavy atom. The molecule has 0 aliphatic heterocycles. The minimum Gasteiger partial charge on any atom is -0.480 e. The van der Waals surface area contributed by atoms with Crippen LogP contribution in [0.5, 0.6) is 0 Å². The van der Waals surface area contributed by atoms with E-state index in [-0.39, 0.29) is 10.2 Å². The Bertz CT molecular complexity index is 400. The Morgan fingerprint density at radius 1 is 1.56 bits per heavy atom. The van der Waals surface area contributed by atoms with E-state index in [1.165, 1.54) is 19.3 Å². The van der Waals surface area contributed by atoms with Crippen LogP contribution in [0.1, 0.15) is 17.3 Å². The van der Waals surface area contributed by atoms with E-state index in [0.717, 1.165) is 0 Å². The molecule has 0 bridgehead atoms. The first-order valence-corrected chi connectivity index (χ1v) is 5.17. The third-order valence-electron chi connectivity index (χ3n) is 1.90. The second kappa shape index (κ2) is 5.13. The van der Waals surface area contributed by atoms with Crippen molar-refractivity contribution in [3.8, 4) is 0 Å². The number of furan rings is 1. The van der Waals surface area contributed by atoms with Gasteiger partial charge in [-0.3, -0.25) is 4.79 Å². The monoisotopic (exact) mass is 291 g/mol. The lowest BCUT2D eigenvalue weighted by atomic mass is 10.1. The highest BCUT2D eigenvalue weighted by molar-refractivity contribution is 9.10. The Hall–Kier alpha value is -1.34. The van der Waals surface area contributed by atoms with Gasteiger partial charge in [-0.25, -0.2) is 4.79 Å². The minimum atomic E-state index is -1.35. The summed E-state index contributed by atoms with van der Waals surface area (Å²) in [5, 5.41) is 20.1. The molecule has 1 aromatic rings. The molecule has 1 rings (SSSR count). The Balaban J connectivity index is 2.77. The number of rotatable bonds is 4. The van der Waals surface area contributed by atoms with Gasteiger partial charge in [-0.2, -0.15) is 0 Å². The zero-order valence-electron chi connectivity index (χ0n) is 8.31. The van der Waals surface area contributed by atoms with Gasteiger partial charge in [-0.05, 0) is 28.9 Å². The fourth-order valence-corrected chi connectivity index (χ4v) is 1.48. The number of amides is 1. The summed E-state index contributed by atoms with van der Waals surface area (Å²) in [5.74, 6) is -1.93. The van der Waals surface area contributed by atoms with Crippen molar-refractivity contribution in [2.24, 2.45) is 0 Å².